The van der Waals surface area contributed by atoms with Crippen molar-refractivity contribution in [3.63, 3.8) is 0 Å². The topological polar surface area (TPSA) is 85.5 Å². The Kier molecular flexibility index (Phi) is 5.13. The third kappa shape index (κ3) is 3.51. The number of hydrogen-bond acceptors (Lipinski definition) is 5. The SMILES string of the molecule is COC(=O)c1c(C)[nH]c(C(=O)OCC(=O)c2ccc(F)cc2)c1C. The molecule has 1 N–H and O–H groups in total. The molecule has 1 heterocycles. The summed E-state index contributed by atoms with van der Waals surface area (Å²) in [5, 5.41) is 0. The van der Waals surface area contributed by atoms with Crippen molar-refractivity contribution < 1.29 is 28.2 Å². The summed E-state index contributed by atoms with van der Waals surface area (Å²) in [6.45, 7) is 2.71. The number of ketones is 1. The second-order valence-electron chi connectivity index (χ2n) is 5.12. The highest BCUT2D eigenvalue weighted by atomic mass is 19.1. The molecule has 7 heteroatoms. The van der Waals surface area contributed by atoms with Crippen molar-refractivity contribution in [1.82, 2.24) is 4.98 Å². The van der Waals surface area contributed by atoms with Gasteiger partial charge in [0, 0.05) is 11.3 Å². The normalized spacial score (nSPS) is 10.3. The number of halogens is 1. The summed E-state index contributed by atoms with van der Waals surface area (Å²) < 4.78 is 22.5. The van der Waals surface area contributed by atoms with E-state index in [0.717, 1.165) is 12.1 Å². The van der Waals surface area contributed by atoms with Crippen molar-refractivity contribution in [1.29, 1.82) is 0 Å². The van der Waals surface area contributed by atoms with Crippen molar-refractivity contribution in [3.05, 3.63) is 58.2 Å². The number of carbonyl (C=O) groups excluding carboxylic acids is 3. The lowest BCUT2D eigenvalue weighted by Gasteiger charge is -2.04. The van der Waals surface area contributed by atoms with Crippen LogP contribution in [-0.4, -0.2) is 36.4 Å². The van der Waals surface area contributed by atoms with E-state index in [9.17, 15) is 18.8 Å². The highest BCUT2D eigenvalue weighted by molar-refractivity contribution is 6.01. The van der Waals surface area contributed by atoms with Crippen LogP contribution in [0.15, 0.2) is 24.3 Å². The molecule has 0 saturated heterocycles. The van der Waals surface area contributed by atoms with Gasteiger partial charge in [0.05, 0.1) is 12.7 Å². The molecule has 0 amide bonds. The number of Topliss-reactive ketones (excluding diaryl/α,β-unsaturated/α-hetero) is 1. The van der Waals surface area contributed by atoms with Crippen LogP contribution in [0.1, 0.15) is 42.5 Å². The predicted octanol–water partition coefficient (Wildman–Crippen LogP) is 2.60. The molecular formula is C17H16FNO5. The van der Waals surface area contributed by atoms with Crippen LogP contribution in [0.25, 0.3) is 0 Å². The summed E-state index contributed by atoms with van der Waals surface area (Å²) in [4.78, 5) is 38.5. The minimum atomic E-state index is -0.763. The zero-order valence-corrected chi connectivity index (χ0v) is 13.4. The molecule has 0 bridgehead atoms. The fourth-order valence-corrected chi connectivity index (χ4v) is 2.28. The van der Waals surface area contributed by atoms with Gasteiger partial charge in [0.25, 0.3) is 0 Å². The first-order chi connectivity index (χ1) is 11.3. The van der Waals surface area contributed by atoms with Gasteiger partial charge in [0.1, 0.15) is 11.5 Å². The van der Waals surface area contributed by atoms with E-state index < -0.39 is 30.1 Å². The lowest BCUT2D eigenvalue weighted by atomic mass is 10.1. The van der Waals surface area contributed by atoms with Crippen LogP contribution in [0.3, 0.4) is 0 Å². The second-order valence-corrected chi connectivity index (χ2v) is 5.12. The van der Waals surface area contributed by atoms with Gasteiger partial charge in [0.15, 0.2) is 12.4 Å². The average Bonchev–Trinajstić information content (AvgIpc) is 2.87. The fraction of sp³-hybridized carbons (Fsp3) is 0.235. The van der Waals surface area contributed by atoms with Crippen LogP contribution in [0.2, 0.25) is 0 Å². The molecule has 24 heavy (non-hydrogen) atoms. The molecule has 0 aliphatic carbocycles. The first-order valence-corrected chi connectivity index (χ1v) is 7.08. The van der Waals surface area contributed by atoms with Crippen LogP contribution in [0.4, 0.5) is 4.39 Å². The van der Waals surface area contributed by atoms with Gasteiger partial charge in [-0.05, 0) is 43.7 Å². The Balaban J connectivity index is 2.09. The zero-order chi connectivity index (χ0) is 17.9. The number of carbonyl (C=O) groups is 3. The van der Waals surface area contributed by atoms with E-state index >= 15 is 0 Å². The number of methoxy groups -OCH3 is 1. The van der Waals surface area contributed by atoms with Crippen LogP contribution in [-0.2, 0) is 9.47 Å². The maximum Gasteiger partial charge on any atom is 0.355 e. The molecule has 0 aliphatic rings. The molecule has 6 nitrogen and oxygen atoms in total. The predicted molar refractivity (Wildman–Crippen MR) is 82.6 cm³/mol. The monoisotopic (exact) mass is 333 g/mol. The van der Waals surface area contributed by atoms with Gasteiger partial charge < -0.3 is 14.5 Å². The van der Waals surface area contributed by atoms with Crippen molar-refractivity contribution in [3.8, 4) is 0 Å². The number of aromatic amines is 1. The first kappa shape index (κ1) is 17.4. The highest BCUT2D eigenvalue weighted by Gasteiger charge is 2.23. The van der Waals surface area contributed by atoms with E-state index in [4.69, 9.17) is 4.74 Å². The van der Waals surface area contributed by atoms with E-state index in [1.165, 1.54) is 19.2 Å². The van der Waals surface area contributed by atoms with Gasteiger partial charge in [-0.2, -0.15) is 0 Å². The molecule has 0 unspecified atom stereocenters. The standard InChI is InChI=1S/C17H16FNO5/c1-9-14(16(21)23-3)10(2)19-15(9)17(22)24-8-13(20)11-4-6-12(18)7-5-11/h4-7,19H,8H2,1-3H3. The Hall–Kier alpha value is -2.96. The van der Waals surface area contributed by atoms with Gasteiger partial charge in [-0.3, -0.25) is 4.79 Å². The fourth-order valence-electron chi connectivity index (χ4n) is 2.28. The molecule has 1 aromatic heterocycles. The maximum atomic E-state index is 12.8. The Bertz CT molecular complexity index is 792. The Morgan fingerprint density at radius 2 is 1.71 bits per heavy atom. The number of esters is 2. The molecule has 2 rings (SSSR count). The number of benzene rings is 1. The molecule has 2 aromatic rings. The quantitative estimate of drug-likeness (QED) is 0.671. The summed E-state index contributed by atoms with van der Waals surface area (Å²) in [7, 11) is 1.24. The van der Waals surface area contributed by atoms with Gasteiger partial charge >= 0.3 is 11.9 Å². The van der Waals surface area contributed by atoms with E-state index in [1.807, 2.05) is 0 Å². The van der Waals surface area contributed by atoms with Crippen LogP contribution in [0.5, 0.6) is 0 Å². The minimum Gasteiger partial charge on any atom is -0.465 e. The largest absolute Gasteiger partial charge is 0.465 e. The first-order valence-electron chi connectivity index (χ1n) is 7.08. The van der Waals surface area contributed by atoms with E-state index in [-0.39, 0.29) is 16.8 Å². The number of hydrogen-bond donors (Lipinski definition) is 1. The van der Waals surface area contributed by atoms with Gasteiger partial charge in [-0.25, -0.2) is 14.0 Å². The molecule has 0 radical (unpaired) electrons. The highest BCUT2D eigenvalue weighted by Crippen LogP contribution is 2.19. The van der Waals surface area contributed by atoms with Gasteiger partial charge in [-0.1, -0.05) is 0 Å². The zero-order valence-electron chi connectivity index (χ0n) is 13.4. The van der Waals surface area contributed by atoms with Crippen molar-refractivity contribution in [2.45, 2.75) is 13.8 Å². The minimum absolute atomic E-state index is 0.0832. The number of rotatable bonds is 5. The van der Waals surface area contributed by atoms with E-state index in [0.29, 0.717) is 11.3 Å². The van der Waals surface area contributed by atoms with E-state index in [2.05, 4.69) is 9.72 Å². The van der Waals surface area contributed by atoms with Crippen LogP contribution in [0, 0.1) is 19.7 Å². The van der Waals surface area contributed by atoms with Gasteiger partial charge in [0.2, 0.25) is 0 Å². The summed E-state index contributed by atoms with van der Waals surface area (Å²) in [5.74, 6) is -2.25. The summed E-state index contributed by atoms with van der Waals surface area (Å²) in [5.41, 5.74) is 1.43. The second kappa shape index (κ2) is 7.08. The Labute approximate surface area is 137 Å². The molecule has 1 aromatic carbocycles. The molecule has 0 fully saturated rings. The molecule has 0 spiro atoms. The van der Waals surface area contributed by atoms with Crippen molar-refractivity contribution in [2.75, 3.05) is 13.7 Å². The number of nitrogens with one attached hydrogen (secondary N) is 1. The number of aryl methyl sites for hydroxylation is 1. The van der Waals surface area contributed by atoms with Gasteiger partial charge in [-0.15, -0.1) is 0 Å². The maximum absolute atomic E-state index is 12.8. The summed E-state index contributed by atoms with van der Waals surface area (Å²) in [6, 6.07) is 4.92. The third-order valence-electron chi connectivity index (χ3n) is 3.53. The third-order valence-corrected chi connectivity index (χ3v) is 3.53. The number of H-pyrrole nitrogens is 1. The number of ether oxygens (including phenoxy) is 2. The smallest absolute Gasteiger partial charge is 0.355 e. The molecule has 126 valence electrons. The Morgan fingerprint density at radius 3 is 2.29 bits per heavy atom. The molecular weight excluding hydrogens is 317 g/mol. The average molecular weight is 333 g/mol. The molecule has 0 aliphatic heterocycles. The molecule has 0 atom stereocenters. The Morgan fingerprint density at radius 1 is 1.08 bits per heavy atom. The van der Waals surface area contributed by atoms with E-state index in [1.54, 1.807) is 13.8 Å². The lowest BCUT2D eigenvalue weighted by molar-refractivity contribution is 0.0468. The van der Waals surface area contributed by atoms with Crippen molar-refractivity contribution in [2.24, 2.45) is 0 Å². The lowest BCUT2D eigenvalue weighted by Crippen LogP contribution is -2.15. The molecule has 0 saturated carbocycles. The summed E-state index contributed by atoms with van der Waals surface area (Å²) >= 11 is 0. The summed E-state index contributed by atoms with van der Waals surface area (Å²) in [6.07, 6.45) is 0. The number of aromatic nitrogens is 1. The van der Waals surface area contributed by atoms with Crippen LogP contribution < -0.4 is 0 Å². The van der Waals surface area contributed by atoms with Crippen molar-refractivity contribution >= 4 is 17.7 Å². The van der Waals surface area contributed by atoms with Crippen LogP contribution >= 0.6 is 0 Å².